The van der Waals surface area contributed by atoms with Gasteiger partial charge in [-0.15, -0.1) is 0 Å². The third kappa shape index (κ3) is 3.58. The van der Waals surface area contributed by atoms with Gasteiger partial charge in [-0.25, -0.2) is 4.98 Å². The van der Waals surface area contributed by atoms with E-state index in [1.165, 1.54) is 12.3 Å². The van der Waals surface area contributed by atoms with Crippen LogP contribution in [0.2, 0.25) is 0 Å². The van der Waals surface area contributed by atoms with Crippen LogP contribution in [0.25, 0.3) is 0 Å². The Hall–Kier alpha value is -2.29. The molecule has 1 atom stereocenters. The summed E-state index contributed by atoms with van der Waals surface area (Å²) in [6.45, 7) is 6.91. The first-order valence-electron chi connectivity index (χ1n) is 6.24. The first-order chi connectivity index (χ1) is 9.03. The largest absolute Gasteiger partial charge is 0.397 e. The molecule has 6 heteroatoms. The number of carbonyl (C=O) groups is 1. The summed E-state index contributed by atoms with van der Waals surface area (Å²) in [6, 6.07) is 3.10. The third-order valence-corrected chi connectivity index (χ3v) is 2.83. The highest BCUT2D eigenvalue weighted by atomic mass is 16.2. The number of likely N-dealkylation sites (N-methyl/N-ethyl adjacent to an activating group) is 1. The van der Waals surface area contributed by atoms with Crippen molar-refractivity contribution in [1.82, 2.24) is 9.88 Å². The summed E-state index contributed by atoms with van der Waals surface area (Å²) in [5, 5.41) is 12.0. The van der Waals surface area contributed by atoms with Crippen molar-refractivity contribution in [2.45, 2.75) is 26.8 Å². The van der Waals surface area contributed by atoms with Crippen LogP contribution in [0.4, 0.5) is 11.5 Å². The van der Waals surface area contributed by atoms with E-state index < -0.39 is 6.04 Å². The normalized spacial score (nSPS) is 11.5. The van der Waals surface area contributed by atoms with E-state index in [1.54, 1.807) is 11.8 Å². The van der Waals surface area contributed by atoms with Gasteiger partial charge in [-0.1, -0.05) is 0 Å². The molecule has 0 aliphatic heterocycles. The molecular formula is C13H19N5O. The highest BCUT2D eigenvalue weighted by molar-refractivity contribution is 5.84. The Bertz CT molecular complexity index is 490. The van der Waals surface area contributed by atoms with Crippen LogP contribution in [0.15, 0.2) is 12.3 Å². The Kier molecular flexibility index (Phi) is 5.12. The Labute approximate surface area is 113 Å². The fourth-order valence-electron chi connectivity index (χ4n) is 1.76. The van der Waals surface area contributed by atoms with Gasteiger partial charge in [0, 0.05) is 13.1 Å². The van der Waals surface area contributed by atoms with Crippen LogP contribution in [-0.4, -0.2) is 34.9 Å². The zero-order valence-corrected chi connectivity index (χ0v) is 11.5. The number of amides is 1. The highest BCUT2D eigenvalue weighted by Crippen LogP contribution is 2.15. The molecule has 1 amide bonds. The Morgan fingerprint density at radius 1 is 1.58 bits per heavy atom. The van der Waals surface area contributed by atoms with Crippen molar-refractivity contribution in [2.75, 3.05) is 24.1 Å². The van der Waals surface area contributed by atoms with Crippen molar-refractivity contribution in [3.8, 4) is 6.07 Å². The maximum atomic E-state index is 12.1. The second-order valence-electron chi connectivity index (χ2n) is 4.15. The topological polar surface area (TPSA) is 95.0 Å². The van der Waals surface area contributed by atoms with E-state index in [4.69, 9.17) is 11.0 Å². The van der Waals surface area contributed by atoms with Crippen LogP contribution < -0.4 is 11.1 Å². The van der Waals surface area contributed by atoms with Crippen LogP contribution in [-0.2, 0) is 4.79 Å². The Morgan fingerprint density at radius 3 is 2.74 bits per heavy atom. The maximum Gasteiger partial charge on any atom is 0.244 e. The number of nitriles is 1. The predicted octanol–water partition coefficient (Wildman–Crippen LogP) is 1.20. The minimum atomic E-state index is -0.442. The molecule has 0 aliphatic rings. The average Bonchev–Trinajstić information content (AvgIpc) is 2.41. The Morgan fingerprint density at radius 2 is 2.21 bits per heavy atom. The number of hydrogen-bond acceptors (Lipinski definition) is 5. The lowest BCUT2D eigenvalue weighted by Crippen LogP contribution is -2.41. The van der Waals surface area contributed by atoms with Crippen molar-refractivity contribution < 1.29 is 4.79 Å². The molecule has 0 saturated heterocycles. The number of nitrogens with zero attached hydrogens (tertiary/aromatic N) is 3. The van der Waals surface area contributed by atoms with Crippen molar-refractivity contribution in [3.63, 3.8) is 0 Å². The van der Waals surface area contributed by atoms with Crippen molar-refractivity contribution in [2.24, 2.45) is 0 Å². The average molecular weight is 261 g/mol. The van der Waals surface area contributed by atoms with Crippen LogP contribution in [0.1, 0.15) is 26.3 Å². The summed E-state index contributed by atoms with van der Waals surface area (Å²) in [6.07, 6.45) is 1.46. The van der Waals surface area contributed by atoms with Gasteiger partial charge in [-0.05, 0) is 26.8 Å². The summed E-state index contributed by atoms with van der Waals surface area (Å²) >= 11 is 0. The number of hydrogen-bond donors (Lipinski definition) is 2. The second kappa shape index (κ2) is 6.59. The van der Waals surface area contributed by atoms with Crippen molar-refractivity contribution in [3.05, 3.63) is 17.8 Å². The number of rotatable bonds is 5. The van der Waals surface area contributed by atoms with Gasteiger partial charge in [0.25, 0.3) is 0 Å². The van der Waals surface area contributed by atoms with E-state index in [-0.39, 0.29) is 5.91 Å². The molecule has 1 aromatic rings. The second-order valence-corrected chi connectivity index (χ2v) is 4.15. The molecule has 3 N–H and O–H groups in total. The molecule has 102 valence electrons. The number of aromatic nitrogens is 1. The molecule has 0 aliphatic carbocycles. The summed E-state index contributed by atoms with van der Waals surface area (Å²) in [5.74, 6) is 0.359. The standard InChI is InChI=1S/C13H19N5O/c1-4-18(5-2)13(19)9(3)17-12-10(7-14)6-11(15)8-16-12/h6,8-9H,4-5,15H2,1-3H3,(H,16,17). The molecule has 6 nitrogen and oxygen atoms in total. The van der Waals surface area contributed by atoms with Crippen molar-refractivity contribution >= 4 is 17.4 Å². The van der Waals surface area contributed by atoms with E-state index >= 15 is 0 Å². The number of nitrogen functional groups attached to an aromatic ring is 1. The van der Waals surface area contributed by atoms with Gasteiger partial charge in [0.05, 0.1) is 17.4 Å². The molecule has 1 rings (SSSR count). The van der Waals surface area contributed by atoms with Crippen LogP contribution in [0.3, 0.4) is 0 Å². The summed E-state index contributed by atoms with van der Waals surface area (Å²) < 4.78 is 0. The van der Waals surface area contributed by atoms with Crippen LogP contribution in [0.5, 0.6) is 0 Å². The van der Waals surface area contributed by atoms with E-state index in [2.05, 4.69) is 10.3 Å². The molecule has 0 bridgehead atoms. The molecule has 1 aromatic heterocycles. The number of anilines is 2. The lowest BCUT2D eigenvalue weighted by molar-refractivity contribution is -0.131. The molecule has 0 spiro atoms. The van der Waals surface area contributed by atoms with E-state index in [1.807, 2.05) is 19.9 Å². The predicted molar refractivity (Wildman–Crippen MR) is 74.4 cm³/mol. The first kappa shape index (κ1) is 14.8. The van der Waals surface area contributed by atoms with E-state index in [9.17, 15) is 4.79 Å². The number of nitrogens with two attached hydrogens (primary N) is 1. The smallest absolute Gasteiger partial charge is 0.244 e. The quantitative estimate of drug-likeness (QED) is 0.830. The molecule has 1 unspecified atom stereocenters. The summed E-state index contributed by atoms with van der Waals surface area (Å²) in [4.78, 5) is 17.9. The van der Waals surface area contributed by atoms with Gasteiger partial charge in [-0.2, -0.15) is 5.26 Å². The minimum absolute atomic E-state index is 0.0208. The fraction of sp³-hybridized carbons (Fsp3) is 0.462. The molecular weight excluding hydrogens is 242 g/mol. The van der Waals surface area contributed by atoms with Crippen LogP contribution >= 0.6 is 0 Å². The monoisotopic (exact) mass is 261 g/mol. The maximum absolute atomic E-state index is 12.1. The van der Waals surface area contributed by atoms with Gasteiger partial charge in [0.2, 0.25) is 5.91 Å². The molecule has 19 heavy (non-hydrogen) atoms. The Balaban J connectivity index is 2.85. The summed E-state index contributed by atoms with van der Waals surface area (Å²) in [5.41, 5.74) is 6.32. The first-order valence-corrected chi connectivity index (χ1v) is 6.24. The van der Waals surface area contributed by atoms with Gasteiger partial charge < -0.3 is 16.0 Å². The zero-order chi connectivity index (χ0) is 14.4. The zero-order valence-electron chi connectivity index (χ0n) is 11.5. The lowest BCUT2D eigenvalue weighted by Gasteiger charge is -2.24. The molecule has 0 fully saturated rings. The molecule has 1 heterocycles. The van der Waals surface area contributed by atoms with E-state index in [0.717, 1.165) is 0 Å². The van der Waals surface area contributed by atoms with Crippen LogP contribution in [0, 0.1) is 11.3 Å². The third-order valence-electron chi connectivity index (χ3n) is 2.83. The van der Waals surface area contributed by atoms with Gasteiger partial charge in [0.1, 0.15) is 17.9 Å². The molecule has 0 radical (unpaired) electrons. The van der Waals surface area contributed by atoms with Gasteiger partial charge >= 0.3 is 0 Å². The van der Waals surface area contributed by atoms with Gasteiger partial charge in [0.15, 0.2) is 0 Å². The SMILES string of the molecule is CCN(CC)C(=O)C(C)Nc1ncc(N)cc1C#N. The van der Waals surface area contributed by atoms with Crippen molar-refractivity contribution in [1.29, 1.82) is 5.26 Å². The number of carbonyl (C=O) groups excluding carboxylic acids is 1. The number of nitrogens with one attached hydrogen (secondary N) is 1. The molecule has 0 aromatic carbocycles. The highest BCUT2D eigenvalue weighted by Gasteiger charge is 2.19. The van der Waals surface area contributed by atoms with Gasteiger partial charge in [-0.3, -0.25) is 4.79 Å². The lowest BCUT2D eigenvalue weighted by atomic mass is 10.2. The fourth-order valence-corrected chi connectivity index (χ4v) is 1.76. The number of pyridine rings is 1. The molecule has 0 saturated carbocycles. The minimum Gasteiger partial charge on any atom is -0.397 e. The van der Waals surface area contributed by atoms with E-state index in [0.29, 0.717) is 30.2 Å². The summed E-state index contributed by atoms with van der Waals surface area (Å²) in [7, 11) is 0.